The van der Waals surface area contributed by atoms with Crippen LogP contribution in [0.25, 0.3) is 44.6 Å². The molecule has 0 bridgehead atoms. The molecule has 2 atom stereocenters. The van der Waals surface area contributed by atoms with E-state index in [1.807, 2.05) is 44.9 Å². The van der Waals surface area contributed by atoms with Crippen LogP contribution in [0.3, 0.4) is 0 Å². The fraction of sp³-hybridized carbons (Fsp3) is 0.548. The van der Waals surface area contributed by atoms with Crippen LogP contribution in [0.4, 0.5) is 43.2 Å². The highest BCUT2D eigenvalue weighted by molar-refractivity contribution is 6.11. The molecule has 2 aliphatic carbocycles. The van der Waals surface area contributed by atoms with E-state index in [0.717, 1.165) is 133 Å². The first-order valence-corrected chi connectivity index (χ1v) is 39.5. The highest BCUT2D eigenvalue weighted by atomic mass is 19.1. The van der Waals surface area contributed by atoms with Gasteiger partial charge in [0.15, 0.2) is 23.3 Å². The summed E-state index contributed by atoms with van der Waals surface area (Å²) in [5, 5.41) is 6.47. The van der Waals surface area contributed by atoms with Crippen LogP contribution < -0.4 is 20.4 Å². The van der Waals surface area contributed by atoms with Crippen LogP contribution in [-0.2, 0) is 39.5 Å². The van der Waals surface area contributed by atoms with Crippen LogP contribution >= 0.6 is 0 Å². The zero-order valence-corrected chi connectivity index (χ0v) is 64.1. The average Bonchev–Trinajstić information content (AvgIpc) is 1.55. The molecule has 10 aliphatic rings. The number of carbonyl (C=O) groups excluding carboxylic acids is 4. The summed E-state index contributed by atoms with van der Waals surface area (Å²) in [5.74, 6) is 0.446. The normalized spacial score (nSPS) is 26.2. The lowest BCUT2D eigenvalue weighted by atomic mass is 9.73. The number of hydrogen-bond acceptors (Lipinski definition) is 16. The number of imidazole rings is 2. The van der Waals surface area contributed by atoms with Crippen molar-refractivity contribution in [2.45, 2.75) is 217 Å². The summed E-state index contributed by atoms with van der Waals surface area (Å²) >= 11 is 0. The van der Waals surface area contributed by atoms with Gasteiger partial charge in [0.1, 0.15) is 22.2 Å². The number of carbonyl (C=O) groups is 4. The first-order chi connectivity index (χ1) is 51.7. The molecule has 0 radical (unpaired) electrons. The van der Waals surface area contributed by atoms with Gasteiger partial charge in [0.05, 0.1) is 69.7 Å². The fourth-order valence-corrected chi connectivity index (χ4v) is 19.6. The predicted molar refractivity (Wildman–Crippen MR) is 412 cm³/mol. The van der Waals surface area contributed by atoms with Gasteiger partial charge in [0.2, 0.25) is 11.8 Å². The van der Waals surface area contributed by atoms with Crippen LogP contribution in [0.2, 0.25) is 0 Å². The molecule has 2 saturated carbocycles. The topological polar surface area (TPSA) is 217 Å². The third kappa shape index (κ3) is 12.4. The molecule has 6 saturated heterocycles. The zero-order valence-electron chi connectivity index (χ0n) is 64.1. The number of nitrogens with zero attached hydrogens (tertiary/aromatic N) is 14. The fourth-order valence-electron chi connectivity index (χ4n) is 19.6. The Balaban J connectivity index is 0.000000158. The SMILES string of the molecule is CC(C)n1cnc2cc(-c3ccc4c(c3)N(C3CC(N5CCC(C)(C)C5)C3)C(=O)C43CCN(C(=O)[C@@]4(C)CCCO4)CC3)nc(Nc3ccncc3F)c21.CC(C)n1cnc2cc(-c3ccc4c(c3)N(C3CC(N5CCC(C)(C)C5)C3)C(=O)C43CCN(C(=O)[C@]4(C)CCCO4)CC3)nc(Nc3ccncc3F)c21. The summed E-state index contributed by atoms with van der Waals surface area (Å²) in [5.41, 5.74) is 8.36. The Bertz CT molecular complexity index is 4550. The van der Waals surface area contributed by atoms with E-state index in [1.54, 1.807) is 37.2 Å². The first-order valence-electron chi connectivity index (χ1n) is 39.5. The van der Waals surface area contributed by atoms with Crippen molar-refractivity contribution in [1.82, 2.24) is 58.6 Å². The van der Waals surface area contributed by atoms with E-state index >= 15 is 0 Å². The van der Waals surface area contributed by atoms with Crippen molar-refractivity contribution >= 4 is 80.1 Å². The van der Waals surface area contributed by atoms with Crippen LogP contribution in [0.5, 0.6) is 0 Å². The molecule has 2 spiro atoms. The number of fused-ring (bicyclic) bond motifs is 6. The van der Waals surface area contributed by atoms with Crippen molar-refractivity contribution in [1.29, 1.82) is 0 Å². The maximum atomic E-state index is 15.0. The highest BCUT2D eigenvalue weighted by Gasteiger charge is 2.59. The number of halogens is 2. The number of piperidine rings is 2. The molecule has 24 heteroatoms. The minimum atomic E-state index is -0.774. The third-order valence-electron chi connectivity index (χ3n) is 26.2. The van der Waals surface area contributed by atoms with Gasteiger partial charge in [-0.1, -0.05) is 52.0 Å². The Kier molecular flexibility index (Phi) is 18.0. The number of anilines is 6. The van der Waals surface area contributed by atoms with Gasteiger partial charge in [-0.2, -0.15) is 0 Å². The Morgan fingerprint density at radius 3 is 1.25 bits per heavy atom. The number of aromatic nitrogens is 8. The second-order valence-corrected chi connectivity index (χ2v) is 35.2. The smallest absolute Gasteiger partial charge is 0.254 e. The Morgan fingerprint density at radius 2 is 0.907 bits per heavy atom. The van der Waals surface area contributed by atoms with Crippen molar-refractivity contribution in [2.24, 2.45) is 10.8 Å². The first kappa shape index (κ1) is 72.0. The molecule has 0 unspecified atom stereocenters. The van der Waals surface area contributed by atoms with Crippen LogP contribution in [-0.4, -0.2) is 183 Å². The number of nitrogens with one attached hydrogen (secondary N) is 2. The lowest BCUT2D eigenvalue weighted by Crippen LogP contribution is -2.58. The summed E-state index contributed by atoms with van der Waals surface area (Å²) < 4.78 is 45.7. The minimum Gasteiger partial charge on any atom is -0.365 e. The average molecular weight is 1470 g/mol. The van der Waals surface area contributed by atoms with Gasteiger partial charge in [-0.05, 0) is 203 Å². The third-order valence-corrected chi connectivity index (χ3v) is 26.2. The van der Waals surface area contributed by atoms with E-state index in [1.165, 1.54) is 25.2 Å². The van der Waals surface area contributed by atoms with Gasteiger partial charge in [0.25, 0.3) is 11.8 Å². The van der Waals surface area contributed by atoms with Gasteiger partial charge in [0, 0.05) is 124 Å². The van der Waals surface area contributed by atoms with Crippen molar-refractivity contribution in [3.63, 3.8) is 0 Å². The number of pyridine rings is 4. The molecule has 14 heterocycles. The van der Waals surface area contributed by atoms with Gasteiger partial charge < -0.3 is 48.8 Å². The van der Waals surface area contributed by atoms with Gasteiger partial charge in [-0.25, -0.2) is 28.7 Å². The second-order valence-electron chi connectivity index (χ2n) is 35.2. The van der Waals surface area contributed by atoms with E-state index in [9.17, 15) is 28.0 Å². The summed E-state index contributed by atoms with van der Waals surface area (Å²) in [6, 6.07) is 21.1. The van der Waals surface area contributed by atoms with E-state index in [2.05, 4.69) is 132 Å². The molecule has 8 fully saturated rings. The second kappa shape index (κ2) is 27.0. The Labute approximate surface area is 630 Å². The molecule has 6 aromatic heterocycles. The van der Waals surface area contributed by atoms with Crippen molar-refractivity contribution in [3.05, 3.63) is 121 Å². The Hall–Kier alpha value is -8.84. The summed E-state index contributed by atoms with van der Waals surface area (Å²) in [7, 11) is 0. The van der Waals surface area contributed by atoms with Crippen LogP contribution in [0.15, 0.2) is 98.1 Å². The van der Waals surface area contributed by atoms with E-state index in [4.69, 9.17) is 29.4 Å². The summed E-state index contributed by atoms with van der Waals surface area (Å²) in [6.07, 6.45) is 20.8. The number of likely N-dealkylation sites (tertiary alicyclic amines) is 4. The molecule has 568 valence electrons. The highest BCUT2D eigenvalue weighted by Crippen LogP contribution is 2.56. The molecule has 2 aromatic carbocycles. The van der Waals surface area contributed by atoms with Crippen molar-refractivity contribution in [3.8, 4) is 22.5 Å². The summed E-state index contributed by atoms with van der Waals surface area (Å²) in [6.45, 7) is 29.2. The zero-order chi connectivity index (χ0) is 75.1. The van der Waals surface area contributed by atoms with E-state index in [-0.39, 0.29) is 59.2 Å². The van der Waals surface area contributed by atoms with Gasteiger partial charge in [-0.15, -0.1) is 0 Å². The predicted octanol–water partition coefficient (Wildman–Crippen LogP) is 14.0. The molecular weight excluding hydrogens is 1370 g/mol. The van der Waals surface area contributed by atoms with Gasteiger partial charge in [-0.3, -0.25) is 38.9 Å². The standard InChI is InChI=1S/2C42H51FN8O3/c2*1-26(2)50-25-45-34-22-33(47-37(36(34)50)46-32-9-14-44-23-31(32)43)27-7-8-30-35(19-27)51(29-20-28(21-29)49-15-11-40(3,4)24-49)39(53)42(30)12-16-48(17-13-42)38(52)41(5)10-6-18-54-41/h2*7-9,14,19,22-23,25-26,28-29H,6,10-13,15-18,20-21,24H2,1-5H3,(H,44,46,47)/t2*28?,29?,41-/m10/s1. The molecule has 4 amide bonds. The quantitative estimate of drug-likeness (QED) is 0.103. The lowest BCUT2D eigenvalue weighted by Gasteiger charge is -2.47. The number of ether oxygens (including phenoxy) is 2. The van der Waals surface area contributed by atoms with Gasteiger partial charge >= 0.3 is 0 Å². The largest absolute Gasteiger partial charge is 0.365 e. The van der Waals surface area contributed by atoms with Crippen LogP contribution in [0, 0.1) is 22.5 Å². The molecule has 2 N–H and O–H groups in total. The lowest BCUT2D eigenvalue weighted by molar-refractivity contribution is -0.153. The maximum Gasteiger partial charge on any atom is 0.254 e. The van der Waals surface area contributed by atoms with Crippen molar-refractivity contribution in [2.75, 3.05) is 86.0 Å². The van der Waals surface area contributed by atoms with Crippen LogP contribution in [0.1, 0.15) is 182 Å². The molecular formula is C84H102F2N16O6. The number of benzene rings is 2. The monoisotopic (exact) mass is 1470 g/mol. The number of hydrogen-bond donors (Lipinski definition) is 2. The molecule has 18 rings (SSSR count). The summed E-state index contributed by atoms with van der Waals surface area (Å²) in [4.78, 5) is 98.1. The van der Waals surface area contributed by atoms with Crippen molar-refractivity contribution < 1.29 is 37.4 Å². The minimum absolute atomic E-state index is 0.0422. The number of amides is 4. The Morgan fingerprint density at radius 1 is 0.509 bits per heavy atom. The molecule has 8 aromatic rings. The molecule has 8 aliphatic heterocycles. The number of rotatable bonds is 14. The molecule has 108 heavy (non-hydrogen) atoms. The van der Waals surface area contributed by atoms with E-state index in [0.29, 0.717) is 111 Å². The molecule has 22 nitrogen and oxygen atoms in total. The van der Waals surface area contributed by atoms with E-state index < -0.39 is 33.7 Å². The maximum absolute atomic E-state index is 15.0.